The Hall–Kier alpha value is -1.90. The first-order chi connectivity index (χ1) is 14.2. The molecule has 0 spiro atoms. The van der Waals surface area contributed by atoms with Gasteiger partial charge in [-0.15, -0.1) is 0 Å². The maximum absolute atomic E-state index is 13.0. The molecule has 0 unspecified atom stereocenters. The average Bonchev–Trinajstić information content (AvgIpc) is 2.71. The van der Waals surface area contributed by atoms with E-state index in [0.717, 1.165) is 21.9 Å². The Morgan fingerprint density at radius 2 is 1.83 bits per heavy atom. The smallest absolute Gasteiger partial charge is 0.411 e. The molecule has 0 bridgehead atoms. The van der Waals surface area contributed by atoms with E-state index in [2.05, 4.69) is 20.7 Å². The van der Waals surface area contributed by atoms with Crippen molar-refractivity contribution in [3.05, 3.63) is 70.2 Å². The SMILES string of the molecule is C[C@@H](c1ccc(Br)cc1)N1CC[C@@](CCCNS(C)(=O)=O)(c2ccccc2)OC1=O. The molecule has 1 N–H and O–H groups in total. The van der Waals surface area contributed by atoms with Crippen LogP contribution in [0.15, 0.2) is 59.1 Å². The van der Waals surface area contributed by atoms with Gasteiger partial charge in [0.05, 0.1) is 12.3 Å². The molecular formula is C22H27BrN2O4S. The number of sulfonamides is 1. The predicted octanol–water partition coefficient (Wildman–Crippen LogP) is 4.58. The van der Waals surface area contributed by atoms with Gasteiger partial charge in [0.15, 0.2) is 0 Å². The molecule has 0 aliphatic carbocycles. The van der Waals surface area contributed by atoms with E-state index in [0.29, 0.717) is 32.4 Å². The summed E-state index contributed by atoms with van der Waals surface area (Å²) in [4.78, 5) is 14.8. The molecule has 1 aliphatic rings. The molecule has 1 fully saturated rings. The van der Waals surface area contributed by atoms with Crippen LogP contribution in [0, 0.1) is 0 Å². The normalized spacial score (nSPS) is 20.6. The van der Waals surface area contributed by atoms with Crippen LogP contribution in [0.2, 0.25) is 0 Å². The molecule has 6 nitrogen and oxygen atoms in total. The van der Waals surface area contributed by atoms with Crippen LogP contribution >= 0.6 is 15.9 Å². The van der Waals surface area contributed by atoms with Gasteiger partial charge in [-0.25, -0.2) is 17.9 Å². The molecule has 0 saturated carbocycles. The van der Waals surface area contributed by atoms with E-state index in [1.54, 1.807) is 4.90 Å². The lowest BCUT2D eigenvalue weighted by Crippen LogP contribution is -2.49. The second-order valence-electron chi connectivity index (χ2n) is 7.67. The molecule has 1 saturated heterocycles. The number of nitrogens with one attached hydrogen (secondary N) is 1. The number of hydrogen-bond acceptors (Lipinski definition) is 4. The first kappa shape index (κ1) is 22.8. The minimum Gasteiger partial charge on any atom is -0.438 e. The number of benzene rings is 2. The van der Waals surface area contributed by atoms with Crippen molar-refractivity contribution in [3.63, 3.8) is 0 Å². The van der Waals surface area contributed by atoms with Gasteiger partial charge in [-0.2, -0.15) is 0 Å². The largest absolute Gasteiger partial charge is 0.438 e. The second-order valence-corrected chi connectivity index (χ2v) is 10.4. The summed E-state index contributed by atoms with van der Waals surface area (Å²) in [5.74, 6) is 0. The molecule has 1 aliphatic heterocycles. The Balaban J connectivity index is 1.75. The van der Waals surface area contributed by atoms with E-state index in [9.17, 15) is 13.2 Å². The van der Waals surface area contributed by atoms with Crippen molar-refractivity contribution >= 4 is 32.0 Å². The third-order valence-electron chi connectivity index (χ3n) is 5.52. The molecular weight excluding hydrogens is 468 g/mol. The third-order valence-corrected chi connectivity index (χ3v) is 6.77. The summed E-state index contributed by atoms with van der Waals surface area (Å²) in [5, 5.41) is 0. The molecule has 3 rings (SSSR count). The second kappa shape index (κ2) is 9.49. The average molecular weight is 495 g/mol. The molecule has 8 heteroatoms. The molecule has 162 valence electrons. The molecule has 2 aromatic rings. The van der Waals surface area contributed by atoms with Crippen molar-refractivity contribution in [2.75, 3.05) is 19.3 Å². The van der Waals surface area contributed by atoms with Gasteiger partial charge in [0.1, 0.15) is 5.60 Å². The fraction of sp³-hybridized carbons (Fsp3) is 0.409. The predicted molar refractivity (Wildman–Crippen MR) is 121 cm³/mol. The van der Waals surface area contributed by atoms with E-state index in [1.807, 2.05) is 61.5 Å². The Labute approximate surface area is 186 Å². The first-order valence-electron chi connectivity index (χ1n) is 9.95. The Bertz CT molecular complexity index is 966. The summed E-state index contributed by atoms with van der Waals surface area (Å²) in [7, 11) is -3.25. The van der Waals surface area contributed by atoms with E-state index >= 15 is 0 Å². The topological polar surface area (TPSA) is 75.7 Å². The van der Waals surface area contributed by atoms with Gasteiger partial charge in [0.2, 0.25) is 10.0 Å². The molecule has 0 aromatic heterocycles. The van der Waals surface area contributed by atoms with E-state index in [1.165, 1.54) is 0 Å². The van der Waals surface area contributed by atoms with Gasteiger partial charge < -0.3 is 9.64 Å². The molecule has 1 amide bonds. The fourth-order valence-corrected chi connectivity index (χ4v) is 4.62. The maximum Gasteiger partial charge on any atom is 0.411 e. The van der Waals surface area contributed by atoms with E-state index in [-0.39, 0.29) is 12.1 Å². The minimum atomic E-state index is -3.25. The monoisotopic (exact) mass is 494 g/mol. The molecule has 0 radical (unpaired) electrons. The van der Waals surface area contributed by atoms with Gasteiger partial charge >= 0.3 is 6.09 Å². The summed E-state index contributed by atoms with van der Waals surface area (Å²) in [6.07, 6.45) is 2.55. The Morgan fingerprint density at radius 3 is 2.43 bits per heavy atom. The summed E-state index contributed by atoms with van der Waals surface area (Å²) in [6, 6.07) is 17.5. The van der Waals surface area contributed by atoms with E-state index in [4.69, 9.17) is 4.74 Å². The van der Waals surface area contributed by atoms with Crippen molar-refractivity contribution in [2.24, 2.45) is 0 Å². The number of rotatable bonds is 8. The van der Waals surface area contributed by atoms with Crippen molar-refractivity contribution in [3.8, 4) is 0 Å². The Kier molecular flexibility index (Phi) is 7.21. The number of cyclic esters (lactones) is 1. The van der Waals surface area contributed by atoms with Crippen LogP contribution in [-0.4, -0.2) is 38.8 Å². The van der Waals surface area contributed by atoms with Crippen LogP contribution in [-0.2, 0) is 20.4 Å². The highest BCUT2D eigenvalue weighted by molar-refractivity contribution is 9.10. The minimum absolute atomic E-state index is 0.105. The van der Waals surface area contributed by atoms with Gasteiger partial charge in [-0.3, -0.25) is 0 Å². The molecule has 1 heterocycles. The zero-order valence-electron chi connectivity index (χ0n) is 17.2. The van der Waals surface area contributed by atoms with Crippen molar-refractivity contribution in [1.29, 1.82) is 0 Å². The van der Waals surface area contributed by atoms with Crippen LogP contribution in [0.3, 0.4) is 0 Å². The number of amides is 1. The van der Waals surface area contributed by atoms with Crippen LogP contribution in [0.4, 0.5) is 4.79 Å². The Morgan fingerprint density at radius 1 is 1.17 bits per heavy atom. The quantitative estimate of drug-likeness (QED) is 0.545. The highest BCUT2D eigenvalue weighted by atomic mass is 79.9. The van der Waals surface area contributed by atoms with Crippen molar-refractivity contribution < 1.29 is 17.9 Å². The fourth-order valence-electron chi connectivity index (χ4n) is 3.84. The number of halogens is 1. The number of ether oxygens (including phenoxy) is 1. The standard InChI is InChI=1S/C22H27BrN2O4S/c1-17(18-9-11-20(23)12-10-18)25-16-14-22(29-21(25)26,19-7-4-3-5-8-19)13-6-15-24-30(2,27)28/h3-5,7-12,17,24H,6,13-16H2,1-2H3/t17-,22-/m0/s1. The summed E-state index contributed by atoms with van der Waals surface area (Å²) in [5.41, 5.74) is 1.22. The van der Waals surface area contributed by atoms with E-state index < -0.39 is 15.6 Å². The molecule has 2 aromatic carbocycles. The highest BCUT2D eigenvalue weighted by Gasteiger charge is 2.43. The van der Waals surface area contributed by atoms with Gasteiger partial charge in [-0.05, 0) is 43.0 Å². The van der Waals surface area contributed by atoms with Crippen LogP contribution in [0.5, 0.6) is 0 Å². The lowest BCUT2D eigenvalue weighted by molar-refractivity contribution is -0.0662. The van der Waals surface area contributed by atoms with Gasteiger partial charge in [-0.1, -0.05) is 58.4 Å². The third kappa shape index (κ3) is 5.62. The van der Waals surface area contributed by atoms with Crippen LogP contribution in [0.25, 0.3) is 0 Å². The number of carbonyl (C=O) groups excluding carboxylic acids is 1. The van der Waals surface area contributed by atoms with Crippen molar-refractivity contribution in [2.45, 2.75) is 37.8 Å². The number of nitrogens with zero attached hydrogens (tertiary/aromatic N) is 1. The number of hydrogen-bond donors (Lipinski definition) is 1. The van der Waals surface area contributed by atoms with Crippen molar-refractivity contribution in [1.82, 2.24) is 9.62 Å². The zero-order valence-corrected chi connectivity index (χ0v) is 19.6. The summed E-state index contributed by atoms with van der Waals surface area (Å²) >= 11 is 3.44. The van der Waals surface area contributed by atoms with Gasteiger partial charge in [0, 0.05) is 24.0 Å². The first-order valence-corrected chi connectivity index (χ1v) is 12.6. The molecule has 30 heavy (non-hydrogen) atoms. The summed E-state index contributed by atoms with van der Waals surface area (Å²) < 4.78 is 32.3. The number of carbonyl (C=O) groups is 1. The maximum atomic E-state index is 13.0. The van der Waals surface area contributed by atoms with Crippen LogP contribution < -0.4 is 4.72 Å². The van der Waals surface area contributed by atoms with Crippen LogP contribution in [0.1, 0.15) is 43.4 Å². The highest BCUT2D eigenvalue weighted by Crippen LogP contribution is 2.40. The lowest BCUT2D eigenvalue weighted by Gasteiger charge is -2.43. The molecule has 2 atom stereocenters. The zero-order chi connectivity index (χ0) is 21.8. The summed E-state index contributed by atoms with van der Waals surface area (Å²) in [6.45, 7) is 2.87. The lowest BCUT2D eigenvalue weighted by atomic mass is 9.84. The van der Waals surface area contributed by atoms with Gasteiger partial charge in [0.25, 0.3) is 0 Å².